The second-order valence-corrected chi connectivity index (χ2v) is 4.64. The molecule has 0 aromatic carbocycles. The Bertz CT molecular complexity index is 378. The molecule has 0 aliphatic rings. The minimum Gasteiger partial charge on any atom is -0.480 e. The van der Waals surface area contributed by atoms with Gasteiger partial charge in [0.05, 0.1) is 6.54 Å². The van der Waals surface area contributed by atoms with E-state index in [0.717, 1.165) is 4.88 Å². The van der Waals surface area contributed by atoms with Crippen LogP contribution in [-0.4, -0.2) is 35.1 Å². The van der Waals surface area contributed by atoms with Crippen molar-refractivity contribution < 1.29 is 14.7 Å². The number of amides is 2. The van der Waals surface area contributed by atoms with Crippen LogP contribution in [0.1, 0.15) is 18.2 Å². The zero-order chi connectivity index (χ0) is 12.8. The summed E-state index contributed by atoms with van der Waals surface area (Å²) in [6, 6.07) is 2.67. The third-order valence-electron chi connectivity index (χ3n) is 2.45. The van der Waals surface area contributed by atoms with Gasteiger partial charge in [-0.15, -0.1) is 11.3 Å². The van der Waals surface area contributed by atoms with Gasteiger partial charge >= 0.3 is 12.0 Å². The van der Waals surface area contributed by atoms with Gasteiger partial charge in [-0.1, -0.05) is 13.0 Å². The maximum atomic E-state index is 11.7. The fraction of sp³-hybridized carbons (Fsp3) is 0.455. The number of hydrogen-bond acceptors (Lipinski definition) is 3. The van der Waals surface area contributed by atoms with Gasteiger partial charge in [-0.25, -0.2) is 9.59 Å². The molecule has 0 aliphatic carbocycles. The third-order valence-corrected chi connectivity index (χ3v) is 3.33. The summed E-state index contributed by atoms with van der Waals surface area (Å²) in [5, 5.41) is 13.5. The van der Waals surface area contributed by atoms with Crippen LogP contribution in [-0.2, 0) is 11.3 Å². The highest BCUT2D eigenvalue weighted by Gasteiger charge is 2.24. The van der Waals surface area contributed by atoms with E-state index in [1.54, 1.807) is 18.3 Å². The fourth-order valence-electron chi connectivity index (χ4n) is 1.46. The largest absolute Gasteiger partial charge is 0.480 e. The van der Waals surface area contributed by atoms with Crippen molar-refractivity contribution in [2.45, 2.75) is 25.9 Å². The summed E-state index contributed by atoms with van der Waals surface area (Å²) in [6.07, 6.45) is 0.387. The second-order valence-electron chi connectivity index (χ2n) is 3.61. The van der Waals surface area contributed by atoms with Crippen molar-refractivity contribution >= 4 is 23.3 Å². The minimum atomic E-state index is -0.985. The molecule has 0 aliphatic heterocycles. The molecule has 0 spiro atoms. The van der Waals surface area contributed by atoms with Gasteiger partial charge in [-0.05, 0) is 17.9 Å². The second kappa shape index (κ2) is 6.24. The number of aliphatic carboxylic acids is 1. The van der Waals surface area contributed by atoms with E-state index in [1.165, 1.54) is 11.9 Å². The predicted octanol–water partition coefficient (Wildman–Crippen LogP) is 1.75. The Hall–Kier alpha value is -1.56. The molecule has 0 saturated carbocycles. The smallest absolute Gasteiger partial charge is 0.326 e. The van der Waals surface area contributed by atoms with Gasteiger partial charge in [0.25, 0.3) is 0 Å². The maximum Gasteiger partial charge on any atom is 0.326 e. The number of nitrogens with one attached hydrogen (secondary N) is 1. The molecule has 1 heterocycles. The highest BCUT2D eigenvalue weighted by molar-refractivity contribution is 7.09. The van der Waals surface area contributed by atoms with Gasteiger partial charge in [-0.2, -0.15) is 0 Å². The van der Waals surface area contributed by atoms with Crippen molar-refractivity contribution in [2.75, 3.05) is 7.05 Å². The topological polar surface area (TPSA) is 69.6 Å². The zero-order valence-corrected chi connectivity index (χ0v) is 10.7. The van der Waals surface area contributed by atoms with Gasteiger partial charge in [0.2, 0.25) is 0 Å². The van der Waals surface area contributed by atoms with E-state index in [0.29, 0.717) is 13.0 Å². The van der Waals surface area contributed by atoms with Crippen molar-refractivity contribution in [3.8, 4) is 0 Å². The number of rotatable bonds is 5. The molecule has 0 fully saturated rings. The van der Waals surface area contributed by atoms with Crippen molar-refractivity contribution in [1.29, 1.82) is 0 Å². The standard InChI is InChI=1S/C11H16N2O3S/c1-3-9(10(14)15)13(2)11(16)12-7-8-5-4-6-17-8/h4-6,9H,3,7H2,1-2H3,(H,12,16)(H,14,15). The Morgan fingerprint density at radius 1 is 1.59 bits per heavy atom. The Labute approximate surface area is 104 Å². The van der Waals surface area contributed by atoms with Crippen molar-refractivity contribution in [1.82, 2.24) is 10.2 Å². The molecule has 0 bridgehead atoms. The van der Waals surface area contributed by atoms with E-state index in [9.17, 15) is 9.59 Å². The maximum absolute atomic E-state index is 11.7. The number of carbonyl (C=O) groups is 2. The first-order chi connectivity index (χ1) is 8.06. The summed E-state index contributed by atoms with van der Waals surface area (Å²) in [4.78, 5) is 24.8. The number of hydrogen-bond donors (Lipinski definition) is 2. The molecule has 1 atom stereocenters. The average Bonchev–Trinajstić information content (AvgIpc) is 2.78. The Morgan fingerprint density at radius 2 is 2.29 bits per heavy atom. The highest BCUT2D eigenvalue weighted by atomic mass is 32.1. The summed E-state index contributed by atoms with van der Waals surface area (Å²) >= 11 is 1.55. The lowest BCUT2D eigenvalue weighted by atomic mass is 10.2. The summed E-state index contributed by atoms with van der Waals surface area (Å²) in [5.74, 6) is -0.985. The van der Waals surface area contributed by atoms with Crippen molar-refractivity contribution in [2.24, 2.45) is 0 Å². The van der Waals surface area contributed by atoms with Crippen LogP contribution in [0.4, 0.5) is 4.79 Å². The van der Waals surface area contributed by atoms with Gasteiger partial charge in [0.15, 0.2) is 0 Å². The van der Waals surface area contributed by atoms with Crippen molar-refractivity contribution in [3.63, 3.8) is 0 Å². The lowest BCUT2D eigenvalue weighted by Gasteiger charge is -2.23. The molecule has 2 amide bonds. The molecule has 0 saturated heterocycles. The van der Waals surface area contributed by atoms with E-state index in [2.05, 4.69) is 5.32 Å². The average molecular weight is 256 g/mol. The molecule has 17 heavy (non-hydrogen) atoms. The summed E-state index contributed by atoms with van der Waals surface area (Å²) < 4.78 is 0. The molecule has 1 aromatic rings. The van der Waals surface area contributed by atoms with E-state index < -0.39 is 12.0 Å². The molecular formula is C11H16N2O3S. The van der Waals surface area contributed by atoms with Gasteiger partial charge in [-0.3, -0.25) is 0 Å². The normalized spacial score (nSPS) is 11.9. The fourth-order valence-corrected chi connectivity index (χ4v) is 2.10. The number of nitrogens with zero attached hydrogens (tertiary/aromatic N) is 1. The van der Waals surface area contributed by atoms with Crippen LogP contribution in [0.2, 0.25) is 0 Å². The molecule has 6 heteroatoms. The predicted molar refractivity (Wildman–Crippen MR) is 66.0 cm³/mol. The SMILES string of the molecule is CCC(C(=O)O)N(C)C(=O)NCc1cccs1. The Kier molecular flexibility index (Phi) is 4.96. The zero-order valence-electron chi connectivity index (χ0n) is 9.84. The first kappa shape index (κ1) is 13.5. The summed E-state index contributed by atoms with van der Waals surface area (Å²) in [5.41, 5.74) is 0. The van der Waals surface area contributed by atoms with E-state index in [-0.39, 0.29) is 6.03 Å². The number of carboxylic acid groups (broad SMARTS) is 1. The molecule has 1 aromatic heterocycles. The highest BCUT2D eigenvalue weighted by Crippen LogP contribution is 2.08. The van der Waals surface area contributed by atoms with E-state index >= 15 is 0 Å². The molecule has 0 radical (unpaired) electrons. The molecule has 1 rings (SSSR count). The number of likely N-dealkylation sites (N-methyl/N-ethyl adjacent to an activating group) is 1. The number of carboxylic acids is 1. The third kappa shape index (κ3) is 3.74. The first-order valence-corrected chi connectivity index (χ1v) is 6.20. The molecule has 2 N–H and O–H groups in total. The Morgan fingerprint density at radius 3 is 2.76 bits per heavy atom. The summed E-state index contributed by atoms with van der Waals surface area (Å²) in [6.45, 7) is 2.17. The van der Waals surface area contributed by atoms with Gasteiger partial charge in [0, 0.05) is 11.9 Å². The number of carbonyl (C=O) groups excluding carboxylic acids is 1. The quantitative estimate of drug-likeness (QED) is 0.843. The Balaban J connectivity index is 2.49. The molecule has 94 valence electrons. The van der Waals surface area contributed by atoms with Crippen LogP contribution < -0.4 is 5.32 Å². The van der Waals surface area contributed by atoms with Gasteiger partial charge in [0.1, 0.15) is 6.04 Å². The van der Waals surface area contributed by atoms with Crippen LogP contribution in [0, 0.1) is 0 Å². The van der Waals surface area contributed by atoms with Crippen molar-refractivity contribution in [3.05, 3.63) is 22.4 Å². The number of thiophene rings is 1. The lowest BCUT2D eigenvalue weighted by Crippen LogP contribution is -2.46. The lowest BCUT2D eigenvalue weighted by molar-refractivity contribution is -0.141. The molecular weight excluding hydrogens is 240 g/mol. The van der Waals surface area contributed by atoms with E-state index in [4.69, 9.17) is 5.11 Å². The molecule has 5 nitrogen and oxygen atoms in total. The monoisotopic (exact) mass is 256 g/mol. The van der Waals surface area contributed by atoms with Crippen LogP contribution in [0.5, 0.6) is 0 Å². The van der Waals surface area contributed by atoms with Crippen LogP contribution in [0.25, 0.3) is 0 Å². The van der Waals surface area contributed by atoms with E-state index in [1.807, 2.05) is 17.5 Å². The number of urea groups is 1. The first-order valence-electron chi connectivity index (χ1n) is 5.32. The summed E-state index contributed by atoms with van der Waals surface area (Å²) in [7, 11) is 1.49. The van der Waals surface area contributed by atoms with Crippen LogP contribution >= 0.6 is 11.3 Å². The minimum absolute atomic E-state index is 0.368. The van der Waals surface area contributed by atoms with Crippen LogP contribution in [0.15, 0.2) is 17.5 Å². The molecule has 1 unspecified atom stereocenters. The van der Waals surface area contributed by atoms with Gasteiger partial charge < -0.3 is 15.3 Å². The van der Waals surface area contributed by atoms with Crippen LogP contribution in [0.3, 0.4) is 0 Å².